The molecular formula is C6H3BrN2O2S. The predicted octanol–water partition coefficient (Wildman–Crippen LogP) is 1.86. The van der Waals surface area contributed by atoms with Gasteiger partial charge in [0, 0.05) is 5.38 Å². The standard InChI is InChI=1S/C6H3BrN2O2S/c7-4-2-12-6-8-1-3(5(10)11)9(4)6/h1-2H,(H,10,11). The molecule has 0 fully saturated rings. The second-order valence-corrected chi connectivity index (χ2v) is 3.77. The van der Waals surface area contributed by atoms with E-state index in [4.69, 9.17) is 5.11 Å². The van der Waals surface area contributed by atoms with Crippen molar-refractivity contribution in [3.63, 3.8) is 0 Å². The van der Waals surface area contributed by atoms with Gasteiger partial charge >= 0.3 is 5.97 Å². The maximum absolute atomic E-state index is 10.6. The Balaban J connectivity index is 2.83. The van der Waals surface area contributed by atoms with E-state index in [2.05, 4.69) is 20.9 Å². The molecule has 2 aromatic heterocycles. The highest BCUT2D eigenvalue weighted by molar-refractivity contribution is 9.10. The summed E-state index contributed by atoms with van der Waals surface area (Å²) in [6.07, 6.45) is 1.35. The number of aromatic carboxylic acids is 1. The Morgan fingerprint density at radius 2 is 2.50 bits per heavy atom. The third-order valence-electron chi connectivity index (χ3n) is 1.42. The van der Waals surface area contributed by atoms with Crippen LogP contribution in [-0.4, -0.2) is 20.5 Å². The average Bonchev–Trinajstić information content (AvgIpc) is 2.53. The van der Waals surface area contributed by atoms with Crippen molar-refractivity contribution in [1.29, 1.82) is 0 Å². The number of hydrogen-bond donors (Lipinski definition) is 1. The van der Waals surface area contributed by atoms with Gasteiger partial charge in [-0.25, -0.2) is 9.78 Å². The molecule has 6 heteroatoms. The highest BCUT2D eigenvalue weighted by atomic mass is 79.9. The fourth-order valence-electron chi connectivity index (χ4n) is 0.929. The minimum absolute atomic E-state index is 0.179. The number of carboxylic acid groups (broad SMARTS) is 1. The van der Waals surface area contributed by atoms with Crippen molar-refractivity contribution in [2.24, 2.45) is 0 Å². The lowest BCUT2D eigenvalue weighted by Crippen LogP contribution is -2.00. The first kappa shape index (κ1) is 7.75. The maximum Gasteiger partial charge on any atom is 0.354 e. The van der Waals surface area contributed by atoms with Crippen molar-refractivity contribution in [3.05, 3.63) is 21.9 Å². The van der Waals surface area contributed by atoms with Crippen molar-refractivity contribution >= 4 is 38.2 Å². The Kier molecular flexibility index (Phi) is 1.66. The molecule has 0 radical (unpaired) electrons. The minimum Gasteiger partial charge on any atom is -0.477 e. The first-order chi connectivity index (χ1) is 5.70. The molecule has 0 saturated heterocycles. The van der Waals surface area contributed by atoms with Gasteiger partial charge in [-0.15, -0.1) is 11.3 Å². The van der Waals surface area contributed by atoms with E-state index in [1.807, 2.05) is 0 Å². The number of imidazole rings is 1. The van der Waals surface area contributed by atoms with Gasteiger partial charge in [-0.1, -0.05) is 0 Å². The summed E-state index contributed by atoms with van der Waals surface area (Å²) in [6.45, 7) is 0. The van der Waals surface area contributed by atoms with Crippen LogP contribution in [0.5, 0.6) is 0 Å². The van der Waals surface area contributed by atoms with Gasteiger partial charge in [-0.3, -0.25) is 4.40 Å². The van der Waals surface area contributed by atoms with Gasteiger partial charge < -0.3 is 5.11 Å². The second-order valence-electron chi connectivity index (χ2n) is 2.13. The van der Waals surface area contributed by atoms with E-state index in [9.17, 15) is 4.79 Å². The molecule has 0 aliphatic heterocycles. The normalized spacial score (nSPS) is 10.8. The van der Waals surface area contributed by atoms with Crippen LogP contribution in [0.15, 0.2) is 16.2 Å². The molecule has 0 spiro atoms. The fourth-order valence-corrected chi connectivity index (χ4v) is 2.41. The van der Waals surface area contributed by atoms with Crippen LogP contribution >= 0.6 is 27.3 Å². The zero-order valence-corrected chi connectivity index (χ0v) is 8.09. The van der Waals surface area contributed by atoms with Gasteiger partial charge in [-0.2, -0.15) is 0 Å². The number of fused-ring (bicyclic) bond motifs is 1. The van der Waals surface area contributed by atoms with E-state index in [0.717, 1.165) is 4.60 Å². The zero-order valence-electron chi connectivity index (χ0n) is 5.69. The van der Waals surface area contributed by atoms with Crippen LogP contribution < -0.4 is 0 Å². The Bertz CT molecular complexity index is 447. The minimum atomic E-state index is -0.971. The van der Waals surface area contributed by atoms with Crippen molar-refractivity contribution < 1.29 is 9.90 Å². The fraction of sp³-hybridized carbons (Fsp3) is 0. The van der Waals surface area contributed by atoms with Crippen LogP contribution in [0.3, 0.4) is 0 Å². The number of rotatable bonds is 1. The van der Waals surface area contributed by atoms with E-state index >= 15 is 0 Å². The highest BCUT2D eigenvalue weighted by Crippen LogP contribution is 2.21. The van der Waals surface area contributed by atoms with Crippen LogP contribution in [0.1, 0.15) is 10.5 Å². The van der Waals surface area contributed by atoms with Crippen molar-refractivity contribution in [2.45, 2.75) is 0 Å². The lowest BCUT2D eigenvalue weighted by molar-refractivity contribution is 0.0689. The predicted molar refractivity (Wildman–Crippen MR) is 47.7 cm³/mol. The Labute approximate surface area is 79.6 Å². The Hall–Kier alpha value is -0.880. The van der Waals surface area contributed by atoms with E-state index < -0.39 is 5.97 Å². The lowest BCUT2D eigenvalue weighted by atomic mass is 10.5. The van der Waals surface area contributed by atoms with Crippen LogP contribution in [-0.2, 0) is 0 Å². The molecule has 0 aromatic carbocycles. The van der Waals surface area contributed by atoms with Crippen LogP contribution in [0, 0.1) is 0 Å². The summed E-state index contributed by atoms with van der Waals surface area (Å²) in [5.41, 5.74) is 0.179. The smallest absolute Gasteiger partial charge is 0.354 e. The van der Waals surface area contributed by atoms with Gasteiger partial charge in [0.15, 0.2) is 10.7 Å². The maximum atomic E-state index is 10.6. The largest absolute Gasteiger partial charge is 0.477 e. The molecule has 0 saturated carbocycles. The summed E-state index contributed by atoms with van der Waals surface area (Å²) >= 11 is 4.63. The molecule has 0 amide bonds. The average molecular weight is 247 g/mol. The van der Waals surface area contributed by atoms with Gasteiger partial charge in [0.05, 0.1) is 6.20 Å². The van der Waals surface area contributed by atoms with E-state index in [1.165, 1.54) is 17.5 Å². The number of hydrogen-bond acceptors (Lipinski definition) is 3. The molecule has 0 unspecified atom stereocenters. The number of carboxylic acids is 1. The number of thiazole rings is 1. The Morgan fingerprint density at radius 1 is 1.75 bits per heavy atom. The number of nitrogens with zero attached hydrogens (tertiary/aromatic N) is 2. The summed E-state index contributed by atoms with van der Waals surface area (Å²) < 4.78 is 2.27. The topological polar surface area (TPSA) is 54.6 Å². The zero-order chi connectivity index (χ0) is 8.72. The van der Waals surface area contributed by atoms with Crippen molar-refractivity contribution in [1.82, 2.24) is 9.38 Å². The Morgan fingerprint density at radius 3 is 3.17 bits per heavy atom. The number of halogens is 1. The highest BCUT2D eigenvalue weighted by Gasteiger charge is 2.13. The molecule has 12 heavy (non-hydrogen) atoms. The number of aromatic nitrogens is 2. The lowest BCUT2D eigenvalue weighted by Gasteiger charge is -1.90. The molecule has 1 N–H and O–H groups in total. The molecular weight excluding hydrogens is 244 g/mol. The van der Waals surface area contributed by atoms with Crippen LogP contribution in [0.4, 0.5) is 0 Å². The third-order valence-corrected chi connectivity index (χ3v) is 3.15. The van der Waals surface area contributed by atoms with Crippen molar-refractivity contribution in [3.8, 4) is 0 Å². The third kappa shape index (κ3) is 0.953. The van der Waals surface area contributed by atoms with Gasteiger partial charge in [0.1, 0.15) is 4.60 Å². The van der Waals surface area contributed by atoms with Gasteiger partial charge in [0.25, 0.3) is 0 Å². The van der Waals surface area contributed by atoms with Crippen LogP contribution in [0.25, 0.3) is 4.96 Å². The first-order valence-corrected chi connectivity index (χ1v) is 4.71. The first-order valence-electron chi connectivity index (χ1n) is 3.04. The van der Waals surface area contributed by atoms with Gasteiger partial charge in [-0.05, 0) is 15.9 Å². The molecule has 0 atom stereocenters. The molecule has 0 aliphatic rings. The SMILES string of the molecule is O=C(O)c1cnc2scc(Br)n12. The number of carbonyl (C=O) groups is 1. The molecule has 62 valence electrons. The second kappa shape index (κ2) is 2.56. The summed E-state index contributed by atoms with van der Waals surface area (Å²) in [6, 6.07) is 0. The molecule has 0 aliphatic carbocycles. The van der Waals surface area contributed by atoms with E-state index in [0.29, 0.717) is 4.96 Å². The molecule has 4 nitrogen and oxygen atoms in total. The molecule has 2 heterocycles. The van der Waals surface area contributed by atoms with Gasteiger partial charge in [0.2, 0.25) is 0 Å². The van der Waals surface area contributed by atoms with E-state index in [1.54, 1.807) is 9.78 Å². The summed E-state index contributed by atoms with van der Waals surface area (Å²) in [7, 11) is 0. The quantitative estimate of drug-likeness (QED) is 0.836. The summed E-state index contributed by atoms with van der Waals surface area (Å²) in [5, 5.41) is 10.5. The molecule has 2 rings (SSSR count). The summed E-state index contributed by atoms with van der Waals surface area (Å²) in [5.74, 6) is -0.971. The van der Waals surface area contributed by atoms with E-state index in [-0.39, 0.29) is 5.69 Å². The monoisotopic (exact) mass is 246 g/mol. The molecule has 2 aromatic rings. The van der Waals surface area contributed by atoms with Crippen LogP contribution in [0.2, 0.25) is 0 Å². The summed E-state index contributed by atoms with van der Waals surface area (Å²) in [4.78, 5) is 15.3. The molecule has 0 bridgehead atoms. The van der Waals surface area contributed by atoms with Crippen molar-refractivity contribution in [2.75, 3.05) is 0 Å².